The summed E-state index contributed by atoms with van der Waals surface area (Å²) in [6.07, 6.45) is 6.35. The van der Waals surface area contributed by atoms with Gasteiger partial charge in [-0.15, -0.1) is 0 Å². The topological polar surface area (TPSA) is 70.6 Å². The predicted octanol–water partition coefficient (Wildman–Crippen LogP) is 1.82. The molecule has 0 unspecified atom stereocenters. The Balaban J connectivity index is 1.62. The van der Waals surface area contributed by atoms with Crippen LogP contribution >= 0.6 is 0 Å². The summed E-state index contributed by atoms with van der Waals surface area (Å²) in [5.74, 6) is 0.387. The van der Waals surface area contributed by atoms with E-state index in [1.54, 1.807) is 0 Å². The maximum atomic E-state index is 9.96. The molecule has 0 bridgehead atoms. The average molecular weight is 259 g/mol. The van der Waals surface area contributed by atoms with E-state index in [-0.39, 0.29) is 0 Å². The van der Waals surface area contributed by atoms with E-state index < -0.39 is 5.60 Å². The van der Waals surface area contributed by atoms with Crippen LogP contribution in [0, 0.1) is 0 Å². The lowest BCUT2D eigenvalue weighted by molar-refractivity contribution is -0.0235. The van der Waals surface area contributed by atoms with E-state index >= 15 is 0 Å². The van der Waals surface area contributed by atoms with Crippen molar-refractivity contribution in [3.8, 4) is 0 Å². The van der Waals surface area contributed by atoms with Crippen molar-refractivity contribution >= 4 is 11.6 Å². The van der Waals surface area contributed by atoms with Crippen LogP contribution in [0.4, 0.5) is 5.69 Å². The highest BCUT2D eigenvalue weighted by Gasteiger charge is 2.33. The number of nitrogens with zero attached hydrogens (tertiary/aromatic N) is 1. The minimum Gasteiger partial charge on any atom is -0.388 e. The normalized spacial score (nSPS) is 20.8. The number of aliphatic imine (C=N–C) groups is 1. The molecule has 4 nitrogen and oxygen atoms in total. The lowest BCUT2D eigenvalue weighted by Crippen LogP contribution is -2.41. The van der Waals surface area contributed by atoms with Crippen molar-refractivity contribution in [1.82, 2.24) is 0 Å². The number of rotatable bonds is 3. The molecule has 0 saturated heterocycles. The van der Waals surface area contributed by atoms with Crippen LogP contribution in [0.3, 0.4) is 0 Å². The van der Waals surface area contributed by atoms with Crippen LogP contribution in [-0.4, -0.2) is 23.2 Å². The number of hydrogen-bond donors (Lipinski definition) is 3. The highest BCUT2D eigenvalue weighted by atomic mass is 16.3. The third-order valence-corrected chi connectivity index (χ3v) is 4.20. The number of hydrogen-bond acceptors (Lipinski definition) is 2. The summed E-state index contributed by atoms with van der Waals surface area (Å²) < 4.78 is 0. The second kappa shape index (κ2) is 4.85. The van der Waals surface area contributed by atoms with E-state index in [0.717, 1.165) is 31.4 Å². The van der Waals surface area contributed by atoms with E-state index in [2.05, 4.69) is 22.4 Å². The minimum absolute atomic E-state index is 0.387. The van der Waals surface area contributed by atoms with E-state index in [1.165, 1.54) is 24.0 Å². The van der Waals surface area contributed by atoms with Gasteiger partial charge in [0.1, 0.15) is 0 Å². The van der Waals surface area contributed by atoms with Gasteiger partial charge in [0.2, 0.25) is 0 Å². The first-order chi connectivity index (χ1) is 9.15. The average Bonchev–Trinajstić information content (AvgIpc) is 2.81. The summed E-state index contributed by atoms with van der Waals surface area (Å²) >= 11 is 0. The summed E-state index contributed by atoms with van der Waals surface area (Å²) in [4.78, 5) is 4.24. The molecule has 2 aliphatic rings. The third-order valence-electron chi connectivity index (χ3n) is 4.20. The van der Waals surface area contributed by atoms with Gasteiger partial charge in [-0.05, 0) is 61.8 Å². The molecule has 4 heteroatoms. The van der Waals surface area contributed by atoms with Crippen LogP contribution < -0.4 is 11.1 Å². The molecular formula is C15H21N3O. The molecule has 0 amide bonds. The van der Waals surface area contributed by atoms with Crippen molar-refractivity contribution in [1.29, 1.82) is 0 Å². The van der Waals surface area contributed by atoms with Gasteiger partial charge in [0.05, 0.1) is 12.1 Å². The van der Waals surface area contributed by atoms with Gasteiger partial charge in [0, 0.05) is 5.69 Å². The Labute approximate surface area is 113 Å². The molecule has 0 aliphatic heterocycles. The number of fused-ring (bicyclic) bond motifs is 1. The lowest BCUT2D eigenvalue weighted by Gasteiger charge is -2.34. The molecule has 0 heterocycles. The first kappa shape index (κ1) is 12.5. The van der Waals surface area contributed by atoms with Gasteiger partial charge in [-0.1, -0.05) is 6.07 Å². The lowest BCUT2D eigenvalue weighted by atomic mass is 9.80. The first-order valence-electron chi connectivity index (χ1n) is 7.06. The SMILES string of the molecule is NC(=NCC1(O)CCC1)Nc1ccc2c(c1)CCC2. The second-order valence-electron chi connectivity index (χ2n) is 5.74. The van der Waals surface area contributed by atoms with Gasteiger partial charge in [-0.25, -0.2) is 0 Å². The molecule has 1 aromatic carbocycles. The molecule has 0 atom stereocenters. The van der Waals surface area contributed by atoms with Crippen molar-refractivity contribution < 1.29 is 5.11 Å². The number of anilines is 1. The standard InChI is InChI=1S/C15H21N3O/c16-14(17-10-15(19)7-2-8-15)18-13-6-5-11-3-1-4-12(11)9-13/h5-6,9,19H,1-4,7-8,10H2,(H3,16,17,18). The smallest absolute Gasteiger partial charge is 0.193 e. The van der Waals surface area contributed by atoms with Crippen LogP contribution in [0.15, 0.2) is 23.2 Å². The van der Waals surface area contributed by atoms with Crippen LogP contribution in [0.2, 0.25) is 0 Å². The molecule has 1 saturated carbocycles. The van der Waals surface area contributed by atoms with E-state index in [1.807, 2.05) is 6.07 Å². The first-order valence-corrected chi connectivity index (χ1v) is 7.06. The molecule has 102 valence electrons. The number of aliphatic hydroxyl groups is 1. The maximum absolute atomic E-state index is 9.96. The Bertz CT molecular complexity index is 506. The van der Waals surface area contributed by atoms with Crippen molar-refractivity contribution in [3.63, 3.8) is 0 Å². The fraction of sp³-hybridized carbons (Fsp3) is 0.533. The Hall–Kier alpha value is -1.55. The predicted molar refractivity (Wildman–Crippen MR) is 77.4 cm³/mol. The minimum atomic E-state index is -0.607. The van der Waals surface area contributed by atoms with E-state index in [0.29, 0.717) is 12.5 Å². The molecule has 3 rings (SSSR count). The Morgan fingerprint density at radius 2 is 2.05 bits per heavy atom. The van der Waals surface area contributed by atoms with Gasteiger partial charge in [-0.2, -0.15) is 0 Å². The Morgan fingerprint density at radius 3 is 2.79 bits per heavy atom. The van der Waals surface area contributed by atoms with Gasteiger partial charge < -0.3 is 16.2 Å². The molecule has 0 radical (unpaired) electrons. The fourth-order valence-corrected chi connectivity index (χ4v) is 2.81. The quantitative estimate of drug-likeness (QED) is 0.573. The molecule has 0 aromatic heterocycles. The van der Waals surface area contributed by atoms with Crippen molar-refractivity contribution in [3.05, 3.63) is 29.3 Å². The Kier molecular flexibility index (Phi) is 3.19. The van der Waals surface area contributed by atoms with Gasteiger partial charge in [0.25, 0.3) is 0 Å². The van der Waals surface area contributed by atoms with Crippen LogP contribution in [0.5, 0.6) is 0 Å². The number of benzene rings is 1. The zero-order valence-corrected chi connectivity index (χ0v) is 11.2. The van der Waals surface area contributed by atoms with Gasteiger partial charge in [0.15, 0.2) is 5.96 Å². The maximum Gasteiger partial charge on any atom is 0.193 e. The largest absolute Gasteiger partial charge is 0.388 e. The monoisotopic (exact) mass is 259 g/mol. The number of aryl methyl sites for hydroxylation is 2. The van der Waals surface area contributed by atoms with Crippen LogP contribution in [0.25, 0.3) is 0 Å². The van der Waals surface area contributed by atoms with Crippen LogP contribution in [0.1, 0.15) is 36.8 Å². The van der Waals surface area contributed by atoms with Crippen molar-refractivity contribution in [2.45, 2.75) is 44.1 Å². The van der Waals surface area contributed by atoms with Crippen molar-refractivity contribution in [2.75, 3.05) is 11.9 Å². The van der Waals surface area contributed by atoms with Crippen molar-refractivity contribution in [2.24, 2.45) is 10.7 Å². The highest BCUT2D eigenvalue weighted by molar-refractivity contribution is 5.92. The summed E-state index contributed by atoms with van der Waals surface area (Å²) in [6.45, 7) is 0.400. The second-order valence-corrected chi connectivity index (χ2v) is 5.74. The summed E-state index contributed by atoms with van der Waals surface area (Å²) in [5.41, 5.74) is 9.11. The van der Waals surface area contributed by atoms with E-state index in [4.69, 9.17) is 5.73 Å². The zero-order valence-electron chi connectivity index (χ0n) is 11.2. The van der Waals surface area contributed by atoms with Gasteiger partial charge in [-0.3, -0.25) is 4.99 Å². The Morgan fingerprint density at radius 1 is 1.26 bits per heavy atom. The summed E-state index contributed by atoms with van der Waals surface area (Å²) in [5, 5.41) is 13.1. The fourth-order valence-electron chi connectivity index (χ4n) is 2.81. The number of nitrogens with one attached hydrogen (secondary N) is 1. The highest BCUT2D eigenvalue weighted by Crippen LogP contribution is 2.31. The zero-order chi connectivity index (χ0) is 13.3. The molecule has 1 fully saturated rings. The molecule has 1 aromatic rings. The van der Waals surface area contributed by atoms with Gasteiger partial charge >= 0.3 is 0 Å². The molecular weight excluding hydrogens is 238 g/mol. The van der Waals surface area contributed by atoms with Crippen LogP contribution in [-0.2, 0) is 12.8 Å². The third kappa shape index (κ3) is 2.73. The summed E-state index contributed by atoms with van der Waals surface area (Å²) in [6, 6.07) is 6.37. The number of nitrogens with two attached hydrogens (primary N) is 1. The number of guanidine groups is 1. The molecule has 0 spiro atoms. The molecule has 4 N–H and O–H groups in total. The summed E-state index contributed by atoms with van der Waals surface area (Å²) in [7, 11) is 0. The molecule has 2 aliphatic carbocycles. The van der Waals surface area contributed by atoms with E-state index in [9.17, 15) is 5.11 Å². The molecule has 19 heavy (non-hydrogen) atoms.